The predicted octanol–water partition coefficient (Wildman–Crippen LogP) is 2.84. The maximum Gasteiger partial charge on any atom is 0.124 e. The van der Waals surface area contributed by atoms with E-state index in [1.165, 1.54) is 0 Å². The first-order chi connectivity index (χ1) is 8.29. The zero-order valence-electron chi connectivity index (χ0n) is 9.55. The molecule has 84 valence electrons. The van der Waals surface area contributed by atoms with Gasteiger partial charge >= 0.3 is 0 Å². The largest absolute Gasteiger partial charge is 0.489 e. The zero-order valence-corrected chi connectivity index (χ0v) is 9.55. The third-order valence-electron chi connectivity index (χ3n) is 2.46. The molecule has 0 aliphatic carbocycles. The van der Waals surface area contributed by atoms with E-state index in [1.54, 1.807) is 24.5 Å². The maximum absolute atomic E-state index is 8.82. The molecule has 1 aromatic heterocycles. The molecule has 0 saturated heterocycles. The zero-order chi connectivity index (χ0) is 12.1. The fraction of sp³-hybridized carbons (Fsp3) is 0.143. The van der Waals surface area contributed by atoms with Crippen molar-refractivity contribution in [2.75, 3.05) is 0 Å². The van der Waals surface area contributed by atoms with Crippen molar-refractivity contribution in [3.8, 4) is 11.8 Å². The first-order valence-electron chi connectivity index (χ1n) is 5.32. The Balaban J connectivity index is 2.12. The molecule has 1 heterocycles. The normalized spacial score (nSPS) is 9.65. The van der Waals surface area contributed by atoms with Gasteiger partial charge in [0.15, 0.2) is 0 Å². The topological polar surface area (TPSA) is 45.9 Å². The lowest BCUT2D eigenvalue weighted by atomic mass is 10.1. The summed E-state index contributed by atoms with van der Waals surface area (Å²) < 4.78 is 5.69. The van der Waals surface area contributed by atoms with E-state index in [4.69, 9.17) is 10.00 Å². The van der Waals surface area contributed by atoms with Crippen LogP contribution in [0.1, 0.15) is 16.7 Å². The molecule has 0 saturated carbocycles. The third-order valence-corrected chi connectivity index (χ3v) is 2.46. The van der Waals surface area contributed by atoms with E-state index in [0.717, 1.165) is 16.9 Å². The number of benzene rings is 1. The van der Waals surface area contributed by atoms with Gasteiger partial charge < -0.3 is 4.74 Å². The molecular weight excluding hydrogens is 212 g/mol. The van der Waals surface area contributed by atoms with Crippen LogP contribution in [0.25, 0.3) is 0 Å². The summed E-state index contributed by atoms with van der Waals surface area (Å²) in [5.74, 6) is 0.751. The monoisotopic (exact) mass is 224 g/mol. The Bertz CT molecular complexity index is 544. The fourth-order valence-corrected chi connectivity index (χ4v) is 1.47. The lowest BCUT2D eigenvalue weighted by Gasteiger charge is -2.09. The summed E-state index contributed by atoms with van der Waals surface area (Å²) in [6.07, 6.45) is 3.47. The van der Waals surface area contributed by atoms with Crippen molar-refractivity contribution < 1.29 is 4.74 Å². The number of aryl methyl sites for hydroxylation is 1. The number of hydrogen-bond donors (Lipinski definition) is 0. The number of aromatic nitrogens is 1. The minimum atomic E-state index is 0.484. The van der Waals surface area contributed by atoms with Crippen LogP contribution in [0, 0.1) is 18.3 Å². The van der Waals surface area contributed by atoms with E-state index in [-0.39, 0.29) is 0 Å². The van der Waals surface area contributed by atoms with Gasteiger partial charge in [0.05, 0.1) is 11.6 Å². The molecule has 2 aromatic rings. The summed E-state index contributed by atoms with van der Waals surface area (Å²) in [4.78, 5) is 3.95. The molecule has 0 atom stereocenters. The van der Waals surface area contributed by atoms with E-state index in [2.05, 4.69) is 11.1 Å². The molecule has 1 aromatic carbocycles. The van der Waals surface area contributed by atoms with Crippen molar-refractivity contribution in [2.45, 2.75) is 13.5 Å². The number of pyridine rings is 1. The van der Waals surface area contributed by atoms with Crippen LogP contribution in [0.15, 0.2) is 42.7 Å². The van der Waals surface area contributed by atoms with Crippen molar-refractivity contribution in [2.24, 2.45) is 0 Å². The lowest BCUT2D eigenvalue weighted by molar-refractivity contribution is 0.304. The second kappa shape index (κ2) is 5.13. The van der Waals surface area contributed by atoms with Crippen LogP contribution in [0.5, 0.6) is 5.75 Å². The summed E-state index contributed by atoms with van der Waals surface area (Å²) in [6, 6.07) is 11.4. The second-order valence-corrected chi connectivity index (χ2v) is 3.74. The highest BCUT2D eigenvalue weighted by atomic mass is 16.5. The van der Waals surface area contributed by atoms with Crippen molar-refractivity contribution >= 4 is 0 Å². The second-order valence-electron chi connectivity index (χ2n) is 3.74. The van der Waals surface area contributed by atoms with Gasteiger partial charge in [0, 0.05) is 12.4 Å². The Labute approximate surface area is 100 Å². The van der Waals surface area contributed by atoms with Crippen LogP contribution in [0.4, 0.5) is 0 Å². The molecule has 0 fully saturated rings. The molecule has 0 aliphatic rings. The summed E-state index contributed by atoms with van der Waals surface area (Å²) >= 11 is 0. The molecule has 0 spiro atoms. The van der Waals surface area contributed by atoms with Crippen molar-refractivity contribution in [1.29, 1.82) is 5.26 Å². The van der Waals surface area contributed by atoms with Gasteiger partial charge in [-0.15, -0.1) is 0 Å². The summed E-state index contributed by atoms with van der Waals surface area (Å²) in [7, 11) is 0. The Kier molecular flexibility index (Phi) is 3.37. The van der Waals surface area contributed by atoms with E-state index in [0.29, 0.717) is 12.2 Å². The first-order valence-corrected chi connectivity index (χ1v) is 5.32. The number of ether oxygens (including phenoxy) is 1. The third kappa shape index (κ3) is 2.82. The molecule has 17 heavy (non-hydrogen) atoms. The molecule has 2 rings (SSSR count). The van der Waals surface area contributed by atoms with Gasteiger partial charge in [-0.25, -0.2) is 0 Å². The van der Waals surface area contributed by atoms with Crippen molar-refractivity contribution in [3.63, 3.8) is 0 Å². The van der Waals surface area contributed by atoms with Crippen LogP contribution in [0.3, 0.4) is 0 Å². The fourth-order valence-electron chi connectivity index (χ4n) is 1.47. The molecule has 3 nitrogen and oxygen atoms in total. The average molecular weight is 224 g/mol. The quantitative estimate of drug-likeness (QED) is 0.805. The van der Waals surface area contributed by atoms with Gasteiger partial charge in [-0.2, -0.15) is 5.26 Å². The van der Waals surface area contributed by atoms with Crippen LogP contribution >= 0.6 is 0 Å². The molecule has 0 radical (unpaired) electrons. The number of rotatable bonds is 3. The predicted molar refractivity (Wildman–Crippen MR) is 64.5 cm³/mol. The SMILES string of the molecule is Cc1ccc(C#N)cc1OCc1ccncc1. The molecule has 0 aliphatic heterocycles. The standard InChI is InChI=1S/C14H12N2O/c1-11-2-3-13(9-15)8-14(11)17-10-12-4-6-16-7-5-12/h2-8H,10H2,1H3. The van der Waals surface area contributed by atoms with Crippen LogP contribution in [-0.2, 0) is 6.61 Å². The maximum atomic E-state index is 8.82. The Hall–Kier alpha value is -2.34. The molecule has 0 N–H and O–H groups in total. The van der Waals surface area contributed by atoms with Gasteiger partial charge in [0.2, 0.25) is 0 Å². The van der Waals surface area contributed by atoms with Crippen LogP contribution in [0.2, 0.25) is 0 Å². The molecular formula is C14H12N2O. The summed E-state index contributed by atoms with van der Waals surface area (Å²) in [6.45, 7) is 2.45. The molecule has 0 bridgehead atoms. The summed E-state index contributed by atoms with van der Waals surface area (Å²) in [5.41, 5.74) is 2.69. The lowest BCUT2D eigenvalue weighted by Crippen LogP contribution is -1.97. The van der Waals surface area contributed by atoms with E-state index in [1.807, 2.05) is 25.1 Å². The highest BCUT2D eigenvalue weighted by molar-refractivity contribution is 5.41. The van der Waals surface area contributed by atoms with Gasteiger partial charge in [0.1, 0.15) is 12.4 Å². The van der Waals surface area contributed by atoms with E-state index < -0.39 is 0 Å². The highest BCUT2D eigenvalue weighted by Gasteiger charge is 2.01. The minimum Gasteiger partial charge on any atom is -0.489 e. The molecule has 0 amide bonds. The Morgan fingerprint density at radius 2 is 2.00 bits per heavy atom. The van der Waals surface area contributed by atoms with Gasteiger partial charge in [0.25, 0.3) is 0 Å². The smallest absolute Gasteiger partial charge is 0.124 e. The average Bonchev–Trinajstić information content (AvgIpc) is 2.39. The Morgan fingerprint density at radius 1 is 1.24 bits per heavy atom. The highest BCUT2D eigenvalue weighted by Crippen LogP contribution is 2.20. The molecule has 3 heteroatoms. The Morgan fingerprint density at radius 3 is 2.71 bits per heavy atom. The number of hydrogen-bond acceptors (Lipinski definition) is 3. The van der Waals surface area contributed by atoms with E-state index >= 15 is 0 Å². The minimum absolute atomic E-state index is 0.484. The van der Waals surface area contributed by atoms with Crippen molar-refractivity contribution in [1.82, 2.24) is 4.98 Å². The summed E-state index contributed by atoms with van der Waals surface area (Å²) in [5, 5.41) is 8.82. The number of nitriles is 1. The molecule has 0 unspecified atom stereocenters. The van der Waals surface area contributed by atoms with Crippen LogP contribution < -0.4 is 4.74 Å². The van der Waals surface area contributed by atoms with Gasteiger partial charge in [-0.3, -0.25) is 4.98 Å². The van der Waals surface area contributed by atoms with Crippen molar-refractivity contribution in [3.05, 3.63) is 59.4 Å². The van der Waals surface area contributed by atoms with Gasteiger partial charge in [-0.1, -0.05) is 6.07 Å². The van der Waals surface area contributed by atoms with E-state index in [9.17, 15) is 0 Å². The first kappa shape index (κ1) is 11.2. The van der Waals surface area contributed by atoms with Crippen LogP contribution in [-0.4, -0.2) is 4.98 Å². The number of nitrogens with zero attached hydrogens (tertiary/aromatic N) is 2. The van der Waals surface area contributed by atoms with Gasteiger partial charge in [-0.05, 0) is 42.3 Å².